The topological polar surface area (TPSA) is 78.7 Å². The lowest BCUT2D eigenvalue weighted by molar-refractivity contribution is -0.384. The van der Waals surface area contributed by atoms with Crippen molar-refractivity contribution in [1.29, 1.82) is 0 Å². The van der Waals surface area contributed by atoms with Crippen molar-refractivity contribution in [1.82, 2.24) is 0 Å². The fourth-order valence-electron chi connectivity index (χ4n) is 1.19. The van der Waals surface area contributed by atoms with Gasteiger partial charge in [-0.05, 0) is 38.5 Å². The van der Waals surface area contributed by atoms with Crippen molar-refractivity contribution < 1.29 is 19.2 Å². The van der Waals surface area contributed by atoms with E-state index in [2.05, 4.69) is 0 Å². The zero-order valence-corrected chi connectivity index (χ0v) is 11.2. The first-order chi connectivity index (χ1) is 8.78. The van der Waals surface area contributed by atoms with E-state index in [9.17, 15) is 14.9 Å². The highest BCUT2D eigenvalue weighted by atomic mass is 16.6. The van der Waals surface area contributed by atoms with Crippen molar-refractivity contribution in [2.45, 2.75) is 33.0 Å². The summed E-state index contributed by atoms with van der Waals surface area (Å²) in [5, 5.41) is 10.5. The smallest absolute Gasteiger partial charge is 0.332 e. The molecule has 0 N–H and O–H groups in total. The predicted octanol–water partition coefficient (Wildman–Crippen LogP) is 2.45. The van der Waals surface area contributed by atoms with Crippen LogP contribution < -0.4 is 0 Å². The van der Waals surface area contributed by atoms with E-state index in [1.54, 1.807) is 12.1 Å². The molecule has 0 saturated heterocycles. The van der Waals surface area contributed by atoms with Gasteiger partial charge in [0, 0.05) is 12.1 Å². The molecule has 19 heavy (non-hydrogen) atoms. The maximum absolute atomic E-state index is 11.4. The first-order valence-corrected chi connectivity index (χ1v) is 5.81. The standard InChI is InChI=1S/C13H17NO5/c1-13(2,3)19-9-12(15)18-8-10-4-6-11(7-5-10)14(16)17/h4-7H,8-9H2,1-3H3. The molecule has 0 amide bonds. The number of benzene rings is 1. The van der Waals surface area contributed by atoms with Crippen LogP contribution in [0, 0.1) is 10.1 Å². The minimum atomic E-state index is -0.479. The Morgan fingerprint density at radius 2 is 1.84 bits per heavy atom. The van der Waals surface area contributed by atoms with E-state index in [0.717, 1.165) is 0 Å². The summed E-state index contributed by atoms with van der Waals surface area (Å²) in [7, 11) is 0. The molecule has 1 rings (SSSR count). The van der Waals surface area contributed by atoms with Gasteiger partial charge in [0.1, 0.15) is 13.2 Å². The van der Waals surface area contributed by atoms with Crippen molar-refractivity contribution in [3.05, 3.63) is 39.9 Å². The Morgan fingerprint density at radius 3 is 2.32 bits per heavy atom. The lowest BCUT2D eigenvalue weighted by Gasteiger charge is -2.18. The van der Waals surface area contributed by atoms with Gasteiger partial charge in [0.25, 0.3) is 5.69 Å². The Labute approximate surface area is 111 Å². The lowest BCUT2D eigenvalue weighted by atomic mass is 10.2. The van der Waals surface area contributed by atoms with Gasteiger partial charge >= 0.3 is 5.97 Å². The Bertz CT molecular complexity index is 447. The minimum absolute atomic E-state index is 0.00569. The number of nitro benzene ring substituents is 1. The first-order valence-electron chi connectivity index (χ1n) is 5.81. The molecule has 0 aliphatic carbocycles. The number of hydrogen-bond donors (Lipinski definition) is 0. The second-order valence-electron chi connectivity index (χ2n) is 4.99. The number of carbonyl (C=O) groups is 1. The molecule has 0 radical (unpaired) electrons. The molecule has 104 valence electrons. The summed E-state index contributed by atoms with van der Waals surface area (Å²) in [6, 6.07) is 5.84. The first kappa shape index (κ1) is 15.1. The Balaban J connectivity index is 2.40. The number of nitrogens with zero attached hydrogens (tertiary/aromatic N) is 1. The molecule has 0 bridgehead atoms. The highest BCUT2D eigenvalue weighted by Crippen LogP contribution is 2.13. The van der Waals surface area contributed by atoms with E-state index in [4.69, 9.17) is 9.47 Å². The van der Waals surface area contributed by atoms with Crippen molar-refractivity contribution in [3.8, 4) is 0 Å². The zero-order chi connectivity index (χ0) is 14.5. The SMILES string of the molecule is CC(C)(C)OCC(=O)OCc1ccc([N+](=O)[O-])cc1. The third-order valence-corrected chi connectivity index (χ3v) is 2.17. The second-order valence-corrected chi connectivity index (χ2v) is 4.99. The van der Waals surface area contributed by atoms with Crippen LogP contribution in [0.5, 0.6) is 0 Å². The molecule has 0 heterocycles. The van der Waals surface area contributed by atoms with Crippen molar-refractivity contribution in [2.24, 2.45) is 0 Å². The Morgan fingerprint density at radius 1 is 1.26 bits per heavy atom. The van der Waals surface area contributed by atoms with Crippen molar-refractivity contribution in [2.75, 3.05) is 6.61 Å². The highest BCUT2D eigenvalue weighted by molar-refractivity contribution is 5.70. The van der Waals surface area contributed by atoms with Crippen LogP contribution in [0.25, 0.3) is 0 Å². The molecule has 0 fully saturated rings. The van der Waals surface area contributed by atoms with Crippen LogP contribution in [0.4, 0.5) is 5.69 Å². The number of esters is 1. The van der Waals surface area contributed by atoms with Gasteiger partial charge in [0.2, 0.25) is 0 Å². The lowest BCUT2D eigenvalue weighted by Crippen LogP contribution is -2.24. The Kier molecular flexibility index (Phi) is 5.00. The van der Waals surface area contributed by atoms with Gasteiger partial charge < -0.3 is 9.47 Å². The van der Waals surface area contributed by atoms with E-state index >= 15 is 0 Å². The monoisotopic (exact) mass is 267 g/mol. The number of ether oxygens (including phenoxy) is 2. The van der Waals surface area contributed by atoms with E-state index in [0.29, 0.717) is 5.56 Å². The van der Waals surface area contributed by atoms with Gasteiger partial charge in [0.05, 0.1) is 10.5 Å². The third kappa shape index (κ3) is 5.96. The van der Waals surface area contributed by atoms with E-state index in [-0.39, 0.29) is 18.9 Å². The molecule has 0 aliphatic heterocycles. The molecule has 0 aromatic heterocycles. The summed E-state index contributed by atoms with van der Waals surface area (Å²) < 4.78 is 10.3. The molecule has 0 spiro atoms. The second kappa shape index (κ2) is 6.29. The summed E-state index contributed by atoms with van der Waals surface area (Å²) in [5.74, 6) is -0.465. The third-order valence-electron chi connectivity index (χ3n) is 2.17. The van der Waals surface area contributed by atoms with E-state index < -0.39 is 16.5 Å². The number of hydrogen-bond acceptors (Lipinski definition) is 5. The molecule has 0 unspecified atom stereocenters. The molecule has 1 aromatic rings. The van der Waals surface area contributed by atoms with Crippen LogP contribution in [0.15, 0.2) is 24.3 Å². The number of non-ortho nitro benzene ring substituents is 1. The summed E-state index contributed by atoms with van der Waals surface area (Å²) in [6.45, 7) is 5.49. The van der Waals surface area contributed by atoms with E-state index in [1.165, 1.54) is 12.1 Å². The number of rotatable bonds is 5. The van der Waals surface area contributed by atoms with Gasteiger partial charge in [0.15, 0.2) is 0 Å². The number of carbonyl (C=O) groups excluding carboxylic acids is 1. The number of nitro groups is 1. The summed E-state index contributed by atoms with van der Waals surface area (Å²) in [6.07, 6.45) is 0. The van der Waals surface area contributed by atoms with Crippen molar-refractivity contribution >= 4 is 11.7 Å². The highest BCUT2D eigenvalue weighted by Gasteiger charge is 2.13. The average Bonchev–Trinajstić information content (AvgIpc) is 2.33. The van der Waals surface area contributed by atoms with Crippen LogP contribution in [-0.2, 0) is 20.9 Å². The largest absolute Gasteiger partial charge is 0.459 e. The maximum Gasteiger partial charge on any atom is 0.332 e. The summed E-state index contributed by atoms with van der Waals surface area (Å²) in [4.78, 5) is 21.4. The fraction of sp³-hybridized carbons (Fsp3) is 0.462. The molecule has 6 heteroatoms. The van der Waals surface area contributed by atoms with Crippen LogP contribution in [0.2, 0.25) is 0 Å². The van der Waals surface area contributed by atoms with Crippen LogP contribution >= 0.6 is 0 Å². The zero-order valence-electron chi connectivity index (χ0n) is 11.2. The van der Waals surface area contributed by atoms with Gasteiger partial charge in [-0.25, -0.2) is 4.79 Å². The van der Waals surface area contributed by atoms with E-state index in [1.807, 2.05) is 20.8 Å². The summed E-state index contributed by atoms with van der Waals surface area (Å²) in [5.41, 5.74) is 0.299. The average molecular weight is 267 g/mol. The Hall–Kier alpha value is -1.95. The predicted molar refractivity (Wildman–Crippen MR) is 68.6 cm³/mol. The minimum Gasteiger partial charge on any atom is -0.459 e. The molecular weight excluding hydrogens is 250 g/mol. The van der Waals surface area contributed by atoms with Gasteiger partial charge in [-0.3, -0.25) is 10.1 Å². The van der Waals surface area contributed by atoms with Crippen LogP contribution in [0.1, 0.15) is 26.3 Å². The van der Waals surface area contributed by atoms with Gasteiger partial charge in [-0.2, -0.15) is 0 Å². The molecule has 6 nitrogen and oxygen atoms in total. The fourth-order valence-corrected chi connectivity index (χ4v) is 1.19. The molecule has 0 saturated carbocycles. The van der Waals surface area contributed by atoms with Crippen LogP contribution in [0.3, 0.4) is 0 Å². The molecular formula is C13H17NO5. The quantitative estimate of drug-likeness (QED) is 0.465. The van der Waals surface area contributed by atoms with Gasteiger partial charge in [-0.15, -0.1) is 0 Å². The van der Waals surface area contributed by atoms with Crippen LogP contribution in [-0.4, -0.2) is 23.1 Å². The summed E-state index contributed by atoms with van der Waals surface area (Å²) >= 11 is 0. The maximum atomic E-state index is 11.4. The van der Waals surface area contributed by atoms with Gasteiger partial charge in [-0.1, -0.05) is 0 Å². The molecule has 1 aromatic carbocycles. The normalized spacial score (nSPS) is 11.1. The molecule has 0 atom stereocenters. The molecule has 0 aliphatic rings. The van der Waals surface area contributed by atoms with Crippen molar-refractivity contribution in [3.63, 3.8) is 0 Å².